The monoisotopic (exact) mass is 163 g/mol. The summed E-state index contributed by atoms with van der Waals surface area (Å²) < 4.78 is 2.27. The zero-order chi connectivity index (χ0) is 9.14. The average Bonchev–Trinajstić information content (AvgIpc) is 2.30. The largest absolute Gasteiger partial charge is 0.348 e. The summed E-state index contributed by atoms with van der Waals surface area (Å²) >= 11 is 0. The van der Waals surface area contributed by atoms with Gasteiger partial charge >= 0.3 is 0 Å². The van der Waals surface area contributed by atoms with Gasteiger partial charge in [0.1, 0.15) is 0 Å². The van der Waals surface area contributed by atoms with Crippen LogP contribution in [0, 0.1) is 13.8 Å². The summed E-state index contributed by atoms with van der Waals surface area (Å²) in [6.45, 7) is 9.57. The Bertz CT molecular complexity index is 288. The molecule has 0 radical (unpaired) electrons. The molecule has 1 heteroatoms. The van der Waals surface area contributed by atoms with Crippen LogP contribution in [-0.2, 0) is 6.54 Å². The van der Waals surface area contributed by atoms with E-state index in [-0.39, 0.29) is 0 Å². The number of aromatic nitrogens is 1. The summed E-state index contributed by atoms with van der Waals surface area (Å²) in [5.41, 5.74) is 4.12. The summed E-state index contributed by atoms with van der Waals surface area (Å²) in [5.74, 6) is 0. The van der Waals surface area contributed by atoms with Gasteiger partial charge < -0.3 is 4.57 Å². The van der Waals surface area contributed by atoms with E-state index >= 15 is 0 Å². The van der Waals surface area contributed by atoms with Crippen LogP contribution in [-0.4, -0.2) is 4.57 Å². The van der Waals surface area contributed by atoms with Gasteiger partial charge in [-0.25, -0.2) is 0 Å². The topological polar surface area (TPSA) is 4.93 Å². The van der Waals surface area contributed by atoms with Gasteiger partial charge in [0, 0.05) is 18.4 Å². The molecule has 1 rings (SSSR count). The highest BCUT2D eigenvalue weighted by Crippen LogP contribution is 2.08. The van der Waals surface area contributed by atoms with Crippen LogP contribution < -0.4 is 0 Å². The molecule has 1 heterocycles. The molecule has 0 aromatic carbocycles. The van der Waals surface area contributed by atoms with E-state index in [1.54, 1.807) is 0 Å². The summed E-state index contributed by atoms with van der Waals surface area (Å²) in [6.07, 6.45) is 4.39. The van der Waals surface area contributed by atoms with E-state index in [0.29, 0.717) is 0 Å². The fourth-order valence-electron chi connectivity index (χ4n) is 1.14. The van der Waals surface area contributed by atoms with Crippen molar-refractivity contribution in [3.63, 3.8) is 0 Å². The highest BCUT2D eigenvalue weighted by molar-refractivity contribution is 5.19. The first-order valence-corrected chi connectivity index (χ1v) is 4.37. The lowest BCUT2D eigenvalue weighted by Crippen LogP contribution is -1.96. The predicted molar refractivity (Wildman–Crippen MR) is 53.3 cm³/mol. The van der Waals surface area contributed by atoms with Gasteiger partial charge in [-0.2, -0.15) is 0 Å². The van der Waals surface area contributed by atoms with E-state index in [4.69, 9.17) is 0 Å². The van der Waals surface area contributed by atoms with Crippen molar-refractivity contribution in [1.29, 1.82) is 0 Å². The van der Waals surface area contributed by atoms with Gasteiger partial charge in [-0.3, -0.25) is 0 Å². The van der Waals surface area contributed by atoms with Crippen LogP contribution in [0.5, 0.6) is 0 Å². The van der Waals surface area contributed by atoms with Crippen LogP contribution in [0.3, 0.4) is 0 Å². The maximum atomic E-state index is 2.27. The fraction of sp³-hybridized carbons (Fsp3) is 0.455. The van der Waals surface area contributed by atoms with Crippen LogP contribution in [0.15, 0.2) is 23.9 Å². The molecule has 0 amide bonds. The molecule has 0 spiro atoms. The molecular formula is C11H17N. The molecule has 0 atom stereocenters. The molecule has 0 saturated heterocycles. The van der Waals surface area contributed by atoms with Crippen LogP contribution in [0.4, 0.5) is 0 Å². The smallest absolute Gasteiger partial charge is 0.0405 e. The number of rotatable bonds is 2. The molecule has 66 valence electrons. The second-order valence-corrected chi connectivity index (χ2v) is 3.52. The van der Waals surface area contributed by atoms with E-state index in [2.05, 4.69) is 50.6 Å². The number of nitrogens with zero attached hydrogens (tertiary/aromatic N) is 1. The molecular weight excluding hydrogens is 146 g/mol. The second kappa shape index (κ2) is 3.61. The van der Waals surface area contributed by atoms with Crippen molar-refractivity contribution < 1.29 is 0 Å². The van der Waals surface area contributed by atoms with E-state index in [9.17, 15) is 0 Å². The van der Waals surface area contributed by atoms with E-state index in [1.165, 1.54) is 16.8 Å². The molecule has 0 unspecified atom stereocenters. The Hall–Kier alpha value is -0.980. The van der Waals surface area contributed by atoms with Crippen molar-refractivity contribution in [2.45, 2.75) is 34.2 Å². The molecule has 1 aromatic rings. The number of aryl methyl sites for hydroxylation is 1. The molecule has 0 saturated carbocycles. The third-order valence-corrected chi connectivity index (χ3v) is 2.20. The van der Waals surface area contributed by atoms with Crippen LogP contribution in [0.1, 0.15) is 25.1 Å². The maximum absolute atomic E-state index is 2.27. The van der Waals surface area contributed by atoms with Gasteiger partial charge in [-0.1, -0.05) is 11.6 Å². The third-order valence-electron chi connectivity index (χ3n) is 2.20. The lowest BCUT2D eigenvalue weighted by molar-refractivity contribution is 0.789. The first kappa shape index (κ1) is 9.11. The minimum absolute atomic E-state index is 1.00. The molecule has 1 nitrogen and oxygen atoms in total. The summed E-state index contributed by atoms with van der Waals surface area (Å²) in [4.78, 5) is 0. The van der Waals surface area contributed by atoms with E-state index < -0.39 is 0 Å². The quantitative estimate of drug-likeness (QED) is 0.590. The minimum Gasteiger partial charge on any atom is -0.348 e. The van der Waals surface area contributed by atoms with Gasteiger partial charge in [-0.15, -0.1) is 0 Å². The van der Waals surface area contributed by atoms with E-state index in [0.717, 1.165) is 6.54 Å². The Kier molecular flexibility index (Phi) is 2.74. The standard InChI is InChI=1S/C11H17N/c1-9(2)5-7-12-8-6-10(3)11(12)4/h5-6,8H,7H2,1-4H3. The molecule has 1 aromatic heterocycles. The van der Waals surface area contributed by atoms with Crippen LogP contribution in [0.25, 0.3) is 0 Å². The first-order chi connectivity index (χ1) is 5.61. The predicted octanol–water partition coefficient (Wildman–Crippen LogP) is 3.07. The highest BCUT2D eigenvalue weighted by atomic mass is 15.0. The molecule has 0 aliphatic carbocycles. The lowest BCUT2D eigenvalue weighted by Gasteiger charge is -2.02. The van der Waals surface area contributed by atoms with Crippen LogP contribution >= 0.6 is 0 Å². The third kappa shape index (κ3) is 2.00. The maximum Gasteiger partial charge on any atom is 0.0405 e. The zero-order valence-electron chi connectivity index (χ0n) is 8.39. The van der Waals surface area contributed by atoms with Crippen LogP contribution in [0.2, 0.25) is 0 Å². The van der Waals surface area contributed by atoms with Crippen molar-refractivity contribution in [3.8, 4) is 0 Å². The normalized spacial score (nSPS) is 10.0. The Morgan fingerprint density at radius 2 is 2.08 bits per heavy atom. The van der Waals surface area contributed by atoms with E-state index in [1.807, 2.05) is 0 Å². The number of hydrogen-bond donors (Lipinski definition) is 0. The molecule has 0 bridgehead atoms. The Labute approximate surface area is 74.7 Å². The fourth-order valence-corrected chi connectivity index (χ4v) is 1.14. The summed E-state index contributed by atoms with van der Waals surface area (Å²) in [7, 11) is 0. The first-order valence-electron chi connectivity index (χ1n) is 4.37. The lowest BCUT2D eigenvalue weighted by atomic mass is 10.3. The summed E-state index contributed by atoms with van der Waals surface area (Å²) in [6, 6.07) is 2.16. The highest BCUT2D eigenvalue weighted by Gasteiger charge is 1.96. The Morgan fingerprint density at radius 1 is 1.42 bits per heavy atom. The van der Waals surface area contributed by atoms with Gasteiger partial charge in [0.15, 0.2) is 0 Å². The number of hydrogen-bond acceptors (Lipinski definition) is 0. The average molecular weight is 163 g/mol. The summed E-state index contributed by atoms with van der Waals surface area (Å²) in [5, 5.41) is 0. The van der Waals surface area contributed by atoms with Gasteiger partial charge in [0.05, 0.1) is 0 Å². The van der Waals surface area contributed by atoms with Crippen molar-refractivity contribution in [2.75, 3.05) is 0 Å². The zero-order valence-corrected chi connectivity index (χ0v) is 8.39. The molecule has 0 N–H and O–H groups in total. The van der Waals surface area contributed by atoms with Crippen molar-refractivity contribution in [1.82, 2.24) is 4.57 Å². The Balaban J connectivity index is 2.77. The minimum atomic E-state index is 1.00. The van der Waals surface area contributed by atoms with Crippen molar-refractivity contribution in [3.05, 3.63) is 35.2 Å². The molecule has 0 fully saturated rings. The molecule has 0 aliphatic heterocycles. The number of allylic oxidation sites excluding steroid dienone is 2. The van der Waals surface area contributed by atoms with Gasteiger partial charge in [-0.05, 0) is 39.3 Å². The SMILES string of the molecule is CC(C)=CCn1ccc(C)c1C. The van der Waals surface area contributed by atoms with Gasteiger partial charge in [0.25, 0.3) is 0 Å². The van der Waals surface area contributed by atoms with Crippen molar-refractivity contribution in [2.24, 2.45) is 0 Å². The molecule has 12 heavy (non-hydrogen) atoms. The Morgan fingerprint density at radius 3 is 2.50 bits per heavy atom. The van der Waals surface area contributed by atoms with Crippen molar-refractivity contribution >= 4 is 0 Å². The second-order valence-electron chi connectivity index (χ2n) is 3.52. The molecule has 0 aliphatic rings. The van der Waals surface area contributed by atoms with Gasteiger partial charge in [0.2, 0.25) is 0 Å².